The number of nitrogens with zero attached hydrogens (tertiary/aromatic N) is 1. The number of hydrogen-bond acceptors (Lipinski definition) is 4. The van der Waals surface area contributed by atoms with E-state index < -0.39 is 12.0 Å². The van der Waals surface area contributed by atoms with Gasteiger partial charge in [-0.25, -0.2) is 4.79 Å². The maximum atomic E-state index is 12.7. The van der Waals surface area contributed by atoms with Gasteiger partial charge in [0.05, 0.1) is 0 Å². The second-order valence-electron chi connectivity index (χ2n) is 8.17. The van der Waals surface area contributed by atoms with E-state index in [4.69, 9.17) is 4.74 Å². The van der Waals surface area contributed by atoms with Crippen molar-refractivity contribution >= 4 is 17.7 Å². The molecule has 1 fully saturated rings. The summed E-state index contributed by atoms with van der Waals surface area (Å²) >= 11 is 0. The van der Waals surface area contributed by atoms with E-state index in [9.17, 15) is 14.4 Å². The summed E-state index contributed by atoms with van der Waals surface area (Å²) in [6.45, 7) is 0.673. The van der Waals surface area contributed by atoms with Crippen molar-refractivity contribution in [3.05, 3.63) is 82.9 Å². The quantitative estimate of drug-likeness (QED) is 0.404. The van der Waals surface area contributed by atoms with Crippen LogP contribution in [-0.4, -0.2) is 35.1 Å². The number of ether oxygens (including phenoxy) is 1. The Bertz CT molecular complexity index is 996. The van der Waals surface area contributed by atoms with Crippen LogP contribution in [0.15, 0.2) is 60.7 Å². The lowest BCUT2D eigenvalue weighted by atomic mass is 9.90. The van der Waals surface area contributed by atoms with Gasteiger partial charge in [-0.3, -0.25) is 9.59 Å². The number of hydrogen-bond donors (Lipinski definition) is 0. The zero-order chi connectivity index (χ0) is 21.6. The lowest BCUT2D eigenvalue weighted by Crippen LogP contribution is -2.40. The fourth-order valence-corrected chi connectivity index (χ4v) is 4.33. The van der Waals surface area contributed by atoms with Crippen LogP contribution in [0, 0.1) is 0 Å². The second kappa shape index (κ2) is 9.73. The number of ketones is 1. The second-order valence-corrected chi connectivity index (χ2v) is 8.17. The Morgan fingerprint density at radius 2 is 1.71 bits per heavy atom. The van der Waals surface area contributed by atoms with Gasteiger partial charge in [0.2, 0.25) is 5.91 Å². The Labute approximate surface area is 182 Å². The molecule has 0 spiro atoms. The highest BCUT2D eigenvalue weighted by atomic mass is 16.5. The molecule has 1 amide bonds. The van der Waals surface area contributed by atoms with Crippen LogP contribution < -0.4 is 0 Å². The van der Waals surface area contributed by atoms with E-state index in [1.54, 1.807) is 0 Å². The molecule has 4 rings (SSSR count). The van der Waals surface area contributed by atoms with Crippen molar-refractivity contribution < 1.29 is 19.1 Å². The Kier molecular flexibility index (Phi) is 6.60. The molecule has 0 bridgehead atoms. The van der Waals surface area contributed by atoms with Crippen molar-refractivity contribution in [2.45, 2.75) is 51.2 Å². The van der Waals surface area contributed by atoms with Crippen LogP contribution in [0.1, 0.15) is 52.7 Å². The van der Waals surface area contributed by atoms with Crippen LogP contribution in [0.5, 0.6) is 0 Å². The summed E-state index contributed by atoms with van der Waals surface area (Å²) in [4.78, 5) is 39.3. The zero-order valence-electron chi connectivity index (χ0n) is 17.6. The largest absolute Gasteiger partial charge is 0.459 e. The minimum Gasteiger partial charge on any atom is -0.459 e. The van der Waals surface area contributed by atoms with Crippen LogP contribution in [0.25, 0.3) is 0 Å². The molecule has 160 valence electrons. The highest BCUT2D eigenvalue weighted by Crippen LogP contribution is 2.23. The number of esters is 1. The Morgan fingerprint density at radius 3 is 2.52 bits per heavy atom. The topological polar surface area (TPSA) is 63.7 Å². The van der Waals surface area contributed by atoms with Gasteiger partial charge in [-0.1, -0.05) is 42.5 Å². The van der Waals surface area contributed by atoms with Crippen LogP contribution in [0.3, 0.4) is 0 Å². The third-order valence-electron chi connectivity index (χ3n) is 6.04. The predicted molar refractivity (Wildman–Crippen MR) is 118 cm³/mol. The van der Waals surface area contributed by atoms with E-state index in [1.165, 1.54) is 34.6 Å². The summed E-state index contributed by atoms with van der Waals surface area (Å²) in [5.41, 5.74) is 4.06. The highest BCUT2D eigenvalue weighted by molar-refractivity contribution is 6.08. The molecule has 0 unspecified atom stereocenters. The van der Waals surface area contributed by atoms with E-state index in [0.717, 1.165) is 31.2 Å². The Morgan fingerprint density at radius 1 is 0.935 bits per heavy atom. The average molecular weight is 418 g/mol. The molecule has 0 radical (unpaired) electrons. The summed E-state index contributed by atoms with van der Waals surface area (Å²) in [5.74, 6) is -0.918. The van der Waals surface area contributed by atoms with Crippen LogP contribution in [0.4, 0.5) is 0 Å². The van der Waals surface area contributed by atoms with Gasteiger partial charge in [-0.05, 0) is 67.4 Å². The summed E-state index contributed by atoms with van der Waals surface area (Å²) in [5, 5.41) is 0. The molecule has 2 aromatic carbocycles. The van der Waals surface area contributed by atoms with E-state index >= 15 is 0 Å². The van der Waals surface area contributed by atoms with Gasteiger partial charge in [-0.2, -0.15) is 0 Å². The molecule has 0 saturated carbocycles. The molecule has 5 nitrogen and oxygen atoms in total. The molecule has 1 atom stereocenters. The van der Waals surface area contributed by atoms with Gasteiger partial charge >= 0.3 is 5.97 Å². The van der Waals surface area contributed by atoms with E-state index in [2.05, 4.69) is 0 Å². The smallest absolute Gasteiger partial charge is 0.329 e. The van der Waals surface area contributed by atoms with Gasteiger partial charge in [0.25, 0.3) is 0 Å². The molecular weight excluding hydrogens is 390 g/mol. The van der Waals surface area contributed by atoms with Crippen molar-refractivity contribution in [3.8, 4) is 0 Å². The average Bonchev–Trinajstić information content (AvgIpc) is 3.31. The van der Waals surface area contributed by atoms with Gasteiger partial charge in [0.15, 0.2) is 5.78 Å². The first-order valence-electron chi connectivity index (χ1n) is 11.0. The van der Waals surface area contributed by atoms with Gasteiger partial charge in [0, 0.05) is 18.2 Å². The summed E-state index contributed by atoms with van der Waals surface area (Å²) in [6.07, 6.45) is 8.32. The normalized spacial score (nSPS) is 18.1. The number of aryl methyl sites for hydroxylation is 2. The first-order chi connectivity index (χ1) is 15.1. The SMILES string of the molecule is O=C(/C=C/C(=O)N1CCC[C@H]1C(=O)OCc1ccccc1)c1ccc2c(c1)CCCC2. The van der Waals surface area contributed by atoms with Crippen molar-refractivity contribution in [1.29, 1.82) is 0 Å². The molecular formula is C26H27NO4. The lowest BCUT2D eigenvalue weighted by Gasteiger charge is -2.22. The fraction of sp³-hybridized carbons (Fsp3) is 0.346. The minimum absolute atomic E-state index is 0.185. The highest BCUT2D eigenvalue weighted by Gasteiger charge is 2.34. The zero-order valence-corrected chi connectivity index (χ0v) is 17.6. The Balaban J connectivity index is 1.36. The number of benzene rings is 2. The third-order valence-corrected chi connectivity index (χ3v) is 6.04. The standard InChI is InChI=1S/C26H27NO4/c28-24(22-13-12-20-9-4-5-10-21(20)17-22)14-15-25(29)27-16-6-11-23(27)26(30)31-18-19-7-2-1-3-8-19/h1-3,7-8,12-15,17,23H,4-6,9-11,16,18H2/b15-14+/t23-/m0/s1. The lowest BCUT2D eigenvalue weighted by molar-refractivity contribution is -0.153. The molecule has 0 aromatic heterocycles. The molecule has 2 aliphatic rings. The molecule has 2 aromatic rings. The van der Waals surface area contributed by atoms with E-state index in [0.29, 0.717) is 18.5 Å². The number of rotatable bonds is 6. The van der Waals surface area contributed by atoms with Crippen molar-refractivity contribution in [3.63, 3.8) is 0 Å². The first-order valence-corrected chi connectivity index (χ1v) is 11.0. The number of likely N-dealkylation sites (tertiary alicyclic amines) is 1. The van der Waals surface area contributed by atoms with Crippen LogP contribution in [0.2, 0.25) is 0 Å². The summed E-state index contributed by atoms with van der Waals surface area (Å²) in [6, 6.07) is 14.7. The predicted octanol–water partition coefficient (Wildman–Crippen LogP) is 4.04. The number of carbonyl (C=O) groups excluding carboxylic acids is 3. The molecule has 1 saturated heterocycles. The van der Waals surface area contributed by atoms with Crippen molar-refractivity contribution in [1.82, 2.24) is 4.90 Å². The number of fused-ring (bicyclic) bond motifs is 1. The number of amides is 1. The van der Waals surface area contributed by atoms with Gasteiger partial charge < -0.3 is 9.64 Å². The molecule has 31 heavy (non-hydrogen) atoms. The summed E-state index contributed by atoms with van der Waals surface area (Å²) in [7, 11) is 0. The van der Waals surface area contributed by atoms with E-state index in [1.807, 2.05) is 48.5 Å². The maximum Gasteiger partial charge on any atom is 0.329 e. The van der Waals surface area contributed by atoms with Crippen molar-refractivity contribution in [2.24, 2.45) is 0 Å². The maximum absolute atomic E-state index is 12.7. The minimum atomic E-state index is -0.597. The Hall–Kier alpha value is -3.21. The van der Waals surface area contributed by atoms with Crippen molar-refractivity contribution in [2.75, 3.05) is 6.54 Å². The van der Waals surface area contributed by atoms with Gasteiger partial charge in [-0.15, -0.1) is 0 Å². The molecule has 1 aliphatic carbocycles. The number of allylic oxidation sites excluding steroid dienone is 1. The monoisotopic (exact) mass is 417 g/mol. The molecule has 5 heteroatoms. The third kappa shape index (κ3) is 5.10. The van der Waals surface area contributed by atoms with Gasteiger partial charge in [0.1, 0.15) is 12.6 Å². The molecule has 0 N–H and O–H groups in total. The molecule has 1 aliphatic heterocycles. The van der Waals surface area contributed by atoms with Crippen LogP contribution >= 0.6 is 0 Å². The summed E-state index contributed by atoms with van der Waals surface area (Å²) < 4.78 is 5.42. The molecule has 1 heterocycles. The number of carbonyl (C=O) groups is 3. The fourth-order valence-electron chi connectivity index (χ4n) is 4.33. The van der Waals surface area contributed by atoms with Crippen LogP contribution in [-0.2, 0) is 33.8 Å². The first kappa shape index (κ1) is 21.0. The van der Waals surface area contributed by atoms with E-state index in [-0.39, 0.29) is 18.3 Å².